The fraction of sp³-hybridized carbons (Fsp3) is 0.292. The first-order valence-corrected chi connectivity index (χ1v) is 10.4. The molecule has 158 valence electrons. The van der Waals surface area contributed by atoms with Gasteiger partial charge in [0.15, 0.2) is 0 Å². The highest BCUT2D eigenvalue weighted by Gasteiger charge is 2.48. The van der Waals surface area contributed by atoms with Crippen LogP contribution in [0, 0.1) is 5.82 Å². The van der Waals surface area contributed by atoms with E-state index in [1.54, 1.807) is 23.2 Å². The molecule has 1 unspecified atom stereocenters. The largest absolute Gasteiger partial charge is 0.337 e. The highest BCUT2D eigenvalue weighted by Crippen LogP contribution is 2.34. The molecular formula is C24H23FN4O2. The number of piperazine rings is 1. The van der Waals surface area contributed by atoms with Gasteiger partial charge in [-0.05, 0) is 55.9 Å². The minimum atomic E-state index is -0.368. The van der Waals surface area contributed by atoms with Crippen molar-refractivity contribution in [3.8, 4) is 0 Å². The monoisotopic (exact) mass is 418 g/mol. The lowest BCUT2D eigenvalue weighted by Crippen LogP contribution is -2.64. The van der Waals surface area contributed by atoms with E-state index < -0.39 is 0 Å². The third-order valence-corrected chi connectivity index (χ3v) is 6.52. The summed E-state index contributed by atoms with van der Waals surface area (Å²) in [6, 6.07) is 15.5. The molecule has 2 saturated heterocycles. The van der Waals surface area contributed by atoms with Crippen molar-refractivity contribution in [2.75, 3.05) is 38.1 Å². The molecule has 3 aromatic rings. The summed E-state index contributed by atoms with van der Waals surface area (Å²) in [4.78, 5) is 35.8. The van der Waals surface area contributed by atoms with Crippen LogP contribution in [0.4, 0.5) is 10.1 Å². The summed E-state index contributed by atoms with van der Waals surface area (Å²) in [5, 5.41) is 0.930. The topological polar surface area (TPSA) is 56.8 Å². The number of hydrogen-bond acceptors (Lipinski definition) is 4. The quantitative estimate of drug-likeness (QED) is 0.642. The zero-order valence-electron chi connectivity index (χ0n) is 17.3. The van der Waals surface area contributed by atoms with Gasteiger partial charge < -0.3 is 9.80 Å². The zero-order valence-corrected chi connectivity index (χ0v) is 17.3. The van der Waals surface area contributed by atoms with E-state index >= 15 is 0 Å². The van der Waals surface area contributed by atoms with Gasteiger partial charge in [0.25, 0.3) is 5.91 Å². The van der Waals surface area contributed by atoms with E-state index in [0.29, 0.717) is 30.9 Å². The molecule has 2 amide bonds. The Balaban J connectivity index is 1.39. The van der Waals surface area contributed by atoms with Gasteiger partial charge in [0.05, 0.1) is 17.6 Å². The van der Waals surface area contributed by atoms with Crippen LogP contribution in [0.25, 0.3) is 10.9 Å². The van der Waals surface area contributed by atoms with Crippen molar-refractivity contribution in [3.63, 3.8) is 0 Å². The van der Waals surface area contributed by atoms with Gasteiger partial charge in [-0.3, -0.25) is 19.5 Å². The van der Waals surface area contributed by atoms with Gasteiger partial charge in [0, 0.05) is 42.5 Å². The fourth-order valence-corrected chi connectivity index (χ4v) is 4.70. The summed E-state index contributed by atoms with van der Waals surface area (Å²) in [6.45, 7) is 1.79. The van der Waals surface area contributed by atoms with Crippen molar-refractivity contribution < 1.29 is 14.0 Å². The minimum absolute atomic E-state index is 0.0229. The lowest BCUT2D eigenvalue weighted by molar-refractivity contribution is -0.123. The van der Waals surface area contributed by atoms with Crippen LogP contribution >= 0.6 is 0 Å². The number of likely N-dealkylation sites (tertiary alicyclic amines) is 1. The predicted molar refractivity (Wildman–Crippen MR) is 116 cm³/mol. The fourth-order valence-electron chi connectivity index (χ4n) is 4.70. The molecule has 5 rings (SSSR count). The molecule has 0 N–H and O–H groups in total. The van der Waals surface area contributed by atoms with Crippen molar-refractivity contribution in [2.24, 2.45) is 0 Å². The van der Waals surface area contributed by atoms with Gasteiger partial charge >= 0.3 is 0 Å². The number of hydrogen-bond donors (Lipinski definition) is 0. The third-order valence-electron chi connectivity index (χ3n) is 6.52. The van der Waals surface area contributed by atoms with E-state index in [4.69, 9.17) is 0 Å². The number of rotatable bonds is 2. The van der Waals surface area contributed by atoms with E-state index in [-0.39, 0.29) is 29.7 Å². The Labute approximate surface area is 179 Å². The maximum absolute atomic E-state index is 13.8. The summed E-state index contributed by atoms with van der Waals surface area (Å²) in [6.07, 6.45) is 2.49. The number of fused-ring (bicyclic) bond motifs is 1. The number of anilines is 1. The number of amides is 2. The van der Waals surface area contributed by atoms with Crippen molar-refractivity contribution in [1.82, 2.24) is 14.8 Å². The summed E-state index contributed by atoms with van der Waals surface area (Å²) in [5.74, 6) is -0.455. The van der Waals surface area contributed by atoms with Crippen molar-refractivity contribution >= 4 is 28.4 Å². The molecule has 31 heavy (non-hydrogen) atoms. The van der Waals surface area contributed by atoms with Gasteiger partial charge in [-0.15, -0.1) is 0 Å². The highest BCUT2D eigenvalue weighted by molar-refractivity contribution is 5.99. The Morgan fingerprint density at radius 3 is 2.81 bits per heavy atom. The third kappa shape index (κ3) is 3.45. The van der Waals surface area contributed by atoms with Gasteiger partial charge in [-0.1, -0.05) is 12.1 Å². The molecule has 2 aliphatic heterocycles. The normalized spacial score (nSPS) is 21.9. The van der Waals surface area contributed by atoms with Gasteiger partial charge in [0.2, 0.25) is 5.91 Å². The number of likely N-dealkylation sites (N-methyl/N-ethyl adjacent to an activating group) is 1. The van der Waals surface area contributed by atoms with Crippen LogP contribution < -0.4 is 4.90 Å². The lowest BCUT2D eigenvalue weighted by Gasteiger charge is -2.46. The molecular weight excluding hydrogens is 395 g/mol. The first kappa shape index (κ1) is 19.6. The van der Waals surface area contributed by atoms with Crippen LogP contribution in [0.2, 0.25) is 0 Å². The molecule has 6 nitrogen and oxygen atoms in total. The molecule has 0 saturated carbocycles. The standard InChI is InChI=1S/C24H23FN4O2/c1-27-14-22(30)29(20-6-2-5-19(25)13-20)16-24(27)9-11-28(15-24)23(31)18-7-8-21-17(12-18)4-3-10-26-21/h2-8,10,12-13H,9,11,14-16H2,1H3. The SMILES string of the molecule is CN1CC(=O)N(c2cccc(F)c2)CC12CCN(C(=O)c1ccc3ncccc3c1)C2. The average Bonchev–Trinajstić information content (AvgIpc) is 3.21. The molecule has 2 fully saturated rings. The second kappa shape index (κ2) is 7.42. The summed E-state index contributed by atoms with van der Waals surface area (Å²) < 4.78 is 13.8. The van der Waals surface area contributed by atoms with Crippen molar-refractivity contribution in [2.45, 2.75) is 12.0 Å². The molecule has 0 aliphatic carbocycles. The second-order valence-corrected chi connectivity index (χ2v) is 8.43. The Morgan fingerprint density at radius 2 is 1.97 bits per heavy atom. The van der Waals surface area contributed by atoms with Crippen molar-refractivity contribution in [3.05, 3.63) is 72.2 Å². The molecule has 2 aliphatic rings. The van der Waals surface area contributed by atoms with Gasteiger partial charge in [-0.2, -0.15) is 0 Å². The molecule has 1 aromatic heterocycles. The smallest absolute Gasteiger partial charge is 0.253 e. The predicted octanol–water partition coefficient (Wildman–Crippen LogP) is 2.94. The molecule has 3 heterocycles. The maximum Gasteiger partial charge on any atom is 0.253 e. The first-order valence-electron chi connectivity index (χ1n) is 10.4. The van der Waals surface area contributed by atoms with Crippen LogP contribution in [-0.2, 0) is 4.79 Å². The molecule has 7 heteroatoms. The molecule has 0 radical (unpaired) electrons. The molecule has 2 aromatic carbocycles. The Bertz CT molecular complexity index is 1180. The molecule has 1 spiro atoms. The van der Waals surface area contributed by atoms with Crippen LogP contribution in [0.3, 0.4) is 0 Å². The maximum atomic E-state index is 13.8. The number of carbonyl (C=O) groups excluding carboxylic acids is 2. The number of nitrogens with zero attached hydrogens (tertiary/aromatic N) is 4. The number of aromatic nitrogens is 1. The number of benzene rings is 2. The number of pyridine rings is 1. The number of halogens is 1. The van der Waals surface area contributed by atoms with Crippen LogP contribution in [0.15, 0.2) is 60.8 Å². The average molecular weight is 418 g/mol. The Kier molecular flexibility index (Phi) is 4.70. The van der Waals surface area contributed by atoms with E-state index in [9.17, 15) is 14.0 Å². The lowest BCUT2D eigenvalue weighted by atomic mass is 9.92. The first-order chi connectivity index (χ1) is 14.9. The summed E-state index contributed by atoms with van der Waals surface area (Å²) >= 11 is 0. The number of carbonyl (C=O) groups is 2. The minimum Gasteiger partial charge on any atom is -0.337 e. The zero-order chi connectivity index (χ0) is 21.6. The van der Waals surface area contributed by atoms with E-state index in [0.717, 1.165) is 17.3 Å². The van der Waals surface area contributed by atoms with Crippen LogP contribution in [0.1, 0.15) is 16.8 Å². The second-order valence-electron chi connectivity index (χ2n) is 8.43. The van der Waals surface area contributed by atoms with E-state index in [2.05, 4.69) is 4.98 Å². The molecule has 1 atom stereocenters. The van der Waals surface area contributed by atoms with Crippen molar-refractivity contribution in [1.29, 1.82) is 0 Å². The summed E-state index contributed by atoms with van der Waals surface area (Å²) in [7, 11) is 1.93. The van der Waals surface area contributed by atoms with Crippen LogP contribution in [-0.4, -0.2) is 65.4 Å². The van der Waals surface area contributed by atoms with E-state index in [1.807, 2.05) is 47.2 Å². The Morgan fingerprint density at radius 1 is 1.10 bits per heavy atom. The highest BCUT2D eigenvalue weighted by atomic mass is 19.1. The summed E-state index contributed by atoms with van der Waals surface area (Å²) in [5.41, 5.74) is 1.69. The van der Waals surface area contributed by atoms with Crippen LogP contribution in [0.5, 0.6) is 0 Å². The molecule has 0 bridgehead atoms. The van der Waals surface area contributed by atoms with E-state index in [1.165, 1.54) is 12.1 Å². The van der Waals surface area contributed by atoms with Gasteiger partial charge in [-0.25, -0.2) is 4.39 Å². The van der Waals surface area contributed by atoms with Gasteiger partial charge in [0.1, 0.15) is 5.82 Å². The Hall–Kier alpha value is -3.32.